The van der Waals surface area contributed by atoms with Gasteiger partial charge in [-0.25, -0.2) is 0 Å². The van der Waals surface area contributed by atoms with E-state index in [1.165, 1.54) is 44.9 Å². The SMILES string of the molecule is CCC(C)(C)NC(=O)CNC1CCCCCCC1. The Morgan fingerprint density at radius 1 is 1.11 bits per heavy atom. The molecule has 18 heavy (non-hydrogen) atoms. The second-order valence-electron chi connectivity index (χ2n) is 6.21. The molecule has 0 heterocycles. The van der Waals surface area contributed by atoms with Gasteiger partial charge in [-0.3, -0.25) is 4.79 Å². The van der Waals surface area contributed by atoms with Gasteiger partial charge in [0.1, 0.15) is 0 Å². The van der Waals surface area contributed by atoms with Crippen LogP contribution in [-0.2, 0) is 4.79 Å². The van der Waals surface area contributed by atoms with Crippen LogP contribution in [-0.4, -0.2) is 24.0 Å². The summed E-state index contributed by atoms with van der Waals surface area (Å²) in [6, 6.07) is 0.542. The Morgan fingerprint density at radius 2 is 1.67 bits per heavy atom. The molecule has 1 amide bonds. The minimum absolute atomic E-state index is 0.0836. The van der Waals surface area contributed by atoms with E-state index in [4.69, 9.17) is 0 Å². The first-order chi connectivity index (χ1) is 8.53. The van der Waals surface area contributed by atoms with Crippen LogP contribution < -0.4 is 10.6 Å². The average molecular weight is 254 g/mol. The molecule has 0 unspecified atom stereocenters. The number of carbonyl (C=O) groups excluding carboxylic acids is 1. The van der Waals surface area contributed by atoms with E-state index in [1.54, 1.807) is 0 Å². The maximum atomic E-state index is 11.8. The van der Waals surface area contributed by atoms with Crippen LogP contribution in [0.2, 0.25) is 0 Å². The Balaban J connectivity index is 2.24. The van der Waals surface area contributed by atoms with Gasteiger partial charge in [0, 0.05) is 11.6 Å². The van der Waals surface area contributed by atoms with E-state index >= 15 is 0 Å². The normalized spacial score (nSPS) is 19.1. The minimum Gasteiger partial charge on any atom is -0.350 e. The van der Waals surface area contributed by atoms with Crippen LogP contribution in [0.1, 0.15) is 72.1 Å². The molecular formula is C15H30N2O. The van der Waals surface area contributed by atoms with Gasteiger partial charge in [0.15, 0.2) is 0 Å². The highest BCUT2D eigenvalue weighted by Crippen LogP contribution is 2.16. The molecule has 3 nitrogen and oxygen atoms in total. The number of amides is 1. The van der Waals surface area contributed by atoms with Crippen molar-refractivity contribution in [1.82, 2.24) is 10.6 Å². The summed E-state index contributed by atoms with van der Waals surface area (Å²) < 4.78 is 0. The Bertz CT molecular complexity index is 243. The van der Waals surface area contributed by atoms with Crippen LogP contribution >= 0.6 is 0 Å². The first-order valence-corrected chi connectivity index (χ1v) is 7.58. The lowest BCUT2D eigenvalue weighted by Gasteiger charge is -2.26. The molecule has 0 saturated heterocycles. The van der Waals surface area contributed by atoms with E-state index in [2.05, 4.69) is 31.4 Å². The third-order valence-electron chi connectivity index (χ3n) is 4.02. The molecule has 106 valence electrons. The quantitative estimate of drug-likeness (QED) is 0.792. The zero-order valence-electron chi connectivity index (χ0n) is 12.3. The monoisotopic (exact) mass is 254 g/mol. The van der Waals surface area contributed by atoms with Crippen molar-refractivity contribution in [2.24, 2.45) is 0 Å². The van der Waals surface area contributed by atoms with Crippen molar-refractivity contribution in [3.8, 4) is 0 Å². The molecule has 0 aromatic rings. The van der Waals surface area contributed by atoms with Gasteiger partial charge in [-0.1, -0.05) is 39.0 Å². The fourth-order valence-corrected chi connectivity index (χ4v) is 2.41. The maximum Gasteiger partial charge on any atom is 0.234 e. The zero-order valence-corrected chi connectivity index (χ0v) is 12.3. The molecule has 0 aromatic carbocycles. The first-order valence-electron chi connectivity index (χ1n) is 7.58. The minimum atomic E-state index is -0.0836. The number of hydrogen-bond donors (Lipinski definition) is 2. The molecule has 0 aromatic heterocycles. The number of nitrogens with one attached hydrogen (secondary N) is 2. The predicted molar refractivity (Wildman–Crippen MR) is 76.6 cm³/mol. The highest BCUT2D eigenvalue weighted by molar-refractivity contribution is 5.78. The van der Waals surface area contributed by atoms with E-state index in [-0.39, 0.29) is 11.4 Å². The van der Waals surface area contributed by atoms with Crippen LogP contribution in [0, 0.1) is 0 Å². The first kappa shape index (κ1) is 15.5. The zero-order chi connectivity index (χ0) is 13.4. The fourth-order valence-electron chi connectivity index (χ4n) is 2.41. The molecule has 0 spiro atoms. The van der Waals surface area contributed by atoms with Gasteiger partial charge in [-0.2, -0.15) is 0 Å². The third-order valence-corrected chi connectivity index (χ3v) is 4.02. The molecule has 0 radical (unpaired) electrons. The van der Waals surface area contributed by atoms with Gasteiger partial charge >= 0.3 is 0 Å². The summed E-state index contributed by atoms with van der Waals surface area (Å²) in [6.07, 6.45) is 10.1. The van der Waals surface area contributed by atoms with E-state index in [0.717, 1.165) is 6.42 Å². The lowest BCUT2D eigenvalue weighted by molar-refractivity contribution is -0.122. The summed E-state index contributed by atoms with van der Waals surface area (Å²) in [6.45, 7) is 6.71. The lowest BCUT2D eigenvalue weighted by Crippen LogP contribution is -2.48. The Kier molecular flexibility index (Phi) is 6.69. The van der Waals surface area contributed by atoms with Gasteiger partial charge in [-0.15, -0.1) is 0 Å². The molecular weight excluding hydrogens is 224 g/mol. The van der Waals surface area contributed by atoms with Gasteiger partial charge in [0.05, 0.1) is 6.54 Å². The lowest BCUT2D eigenvalue weighted by atomic mass is 9.97. The van der Waals surface area contributed by atoms with E-state index in [9.17, 15) is 4.79 Å². The smallest absolute Gasteiger partial charge is 0.234 e. The van der Waals surface area contributed by atoms with E-state index in [0.29, 0.717) is 12.6 Å². The predicted octanol–water partition coefficient (Wildman–Crippen LogP) is 2.99. The maximum absolute atomic E-state index is 11.8. The van der Waals surface area contributed by atoms with E-state index < -0.39 is 0 Å². The van der Waals surface area contributed by atoms with Crippen molar-refractivity contribution in [3.05, 3.63) is 0 Å². The van der Waals surface area contributed by atoms with Crippen LogP contribution in [0.25, 0.3) is 0 Å². The van der Waals surface area contributed by atoms with Gasteiger partial charge < -0.3 is 10.6 Å². The van der Waals surface area contributed by atoms with Crippen molar-refractivity contribution in [3.63, 3.8) is 0 Å². The Hall–Kier alpha value is -0.570. The number of rotatable bonds is 5. The summed E-state index contributed by atoms with van der Waals surface area (Å²) >= 11 is 0. The largest absolute Gasteiger partial charge is 0.350 e. The molecule has 0 bridgehead atoms. The molecule has 0 aliphatic heterocycles. The van der Waals surface area contributed by atoms with Gasteiger partial charge in [0.2, 0.25) is 5.91 Å². The number of hydrogen-bond acceptors (Lipinski definition) is 2. The second kappa shape index (κ2) is 7.78. The van der Waals surface area contributed by atoms with Crippen molar-refractivity contribution in [2.45, 2.75) is 83.7 Å². The van der Waals surface area contributed by atoms with Crippen molar-refractivity contribution >= 4 is 5.91 Å². The molecule has 1 saturated carbocycles. The summed E-state index contributed by atoms with van der Waals surface area (Å²) in [4.78, 5) is 11.8. The Labute approximate surface area is 112 Å². The summed E-state index contributed by atoms with van der Waals surface area (Å²) in [5, 5.41) is 6.50. The third kappa shape index (κ3) is 6.39. The Morgan fingerprint density at radius 3 is 2.22 bits per heavy atom. The molecule has 1 aliphatic carbocycles. The molecule has 2 N–H and O–H groups in total. The summed E-state index contributed by atoms with van der Waals surface area (Å²) in [5.41, 5.74) is -0.0836. The van der Waals surface area contributed by atoms with Crippen molar-refractivity contribution in [2.75, 3.05) is 6.54 Å². The fraction of sp³-hybridized carbons (Fsp3) is 0.933. The standard InChI is InChI=1S/C15H30N2O/c1-4-15(2,3)17-14(18)12-16-13-10-8-6-5-7-9-11-13/h13,16H,4-12H2,1-3H3,(H,17,18). The van der Waals surface area contributed by atoms with Crippen LogP contribution in [0.15, 0.2) is 0 Å². The average Bonchev–Trinajstić information content (AvgIpc) is 2.27. The summed E-state index contributed by atoms with van der Waals surface area (Å²) in [7, 11) is 0. The topological polar surface area (TPSA) is 41.1 Å². The highest BCUT2D eigenvalue weighted by Gasteiger charge is 2.18. The van der Waals surface area contributed by atoms with Gasteiger partial charge in [-0.05, 0) is 33.1 Å². The molecule has 0 atom stereocenters. The van der Waals surface area contributed by atoms with Gasteiger partial charge in [0.25, 0.3) is 0 Å². The van der Waals surface area contributed by atoms with Crippen LogP contribution in [0.5, 0.6) is 0 Å². The molecule has 3 heteroatoms. The van der Waals surface area contributed by atoms with Crippen LogP contribution in [0.3, 0.4) is 0 Å². The second-order valence-corrected chi connectivity index (χ2v) is 6.21. The van der Waals surface area contributed by atoms with Crippen LogP contribution in [0.4, 0.5) is 0 Å². The van der Waals surface area contributed by atoms with Crippen molar-refractivity contribution in [1.29, 1.82) is 0 Å². The molecule has 1 fully saturated rings. The van der Waals surface area contributed by atoms with Crippen molar-refractivity contribution < 1.29 is 4.79 Å². The highest BCUT2D eigenvalue weighted by atomic mass is 16.2. The number of carbonyl (C=O) groups is 1. The molecule has 1 aliphatic rings. The van der Waals surface area contributed by atoms with E-state index in [1.807, 2.05) is 0 Å². The molecule has 1 rings (SSSR count). The summed E-state index contributed by atoms with van der Waals surface area (Å²) in [5.74, 6) is 0.129.